The molecule has 0 saturated heterocycles. The van der Waals surface area contributed by atoms with Crippen LogP contribution in [0.1, 0.15) is 31.2 Å². The molecular formula is C16H21F3N2O3. The lowest BCUT2D eigenvalue weighted by molar-refractivity contribution is -0.274. The number of alkyl halides is 3. The van der Waals surface area contributed by atoms with E-state index < -0.39 is 12.4 Å². The van der Waals surface area contributed by atoms with Crippen LogP contribution in [0.25, 0.3) is 0 Å². The van der Waals surface area contributed by atoms with E-state index >= 15 is 0 Å². The Morgan fingerprint density at radius 2 is 2.04 bits per heavy atom. The van der Waals surface area contributed by atoms with Crippen molar-refractivity contribution in [2.75, 3.05) is 6.61 Å². The number of aliphatic hydroxyl groups is 1. The first-order valence-corrected chi connectivity index (χ1v) is 7.86. The number of urea groups is 1. The number of hydrogen-bond donors (Lipinski definition) is 3. The van der Waals surface area contributed by atoms with E-state index in [4.69, 9.17) is 0 Å². The van der Waals surface area contributed by atoms with Crippen molar-refractivity contribution in [2.24, 2.45) is 5.92 Å². The highest BCUT2D eigenvalue weighted by molar-refractivity contribution is 5.74. The van der Waals surface area contributed by atoms with E-state index in [1.165, 1.54) is 18.2 Å². The molecule has 24 heavy (non-hydrogen) atoms. The summed E-state index contributed by atoms with van der Waals surface area (Å²) in [5, 5.41) is 14.5. The number of aliphatic hydroxyl groups excluding tert-OH is 1. The van der Waals surface area contributed by atoms with Gasteiger partial charge in [0.25, 0.3) is 0 Å². The van der Waals surface area contributed by atoms with Crippen molar-refractivity contribution in [1.29, 1.82) is 0 Å². The molecule has 0 aliphatic heterocycles. The third-order valence-electron chi connectivity index (χ3n) is 4.01. The SMILES string of the molecule is O=C(NCc1ccccc1OC(F)(F)F)NC1CCCC(CO)C1. The minimum absolute atomic E-state index is 0.0300. The highest BCUT2D eigenvalue weighted by Crippen LogP contribution is 2.26. The number of benzene rings is 1. The summed E-state index contributed by atoms with van der Waals surface area (Å²) in [7, 11) is 0. The van der Waals surface area contributed by atoms with Crippen LogP contribution in [-0.2, 0) is 6.54 Å². The number of para-hydroxylation sites is 1. The zero-order valence-electron chi connectivity index (χ0n) is 13.1. The molecule has 1 fully saturated rings. The van der Waals surface area contributed by atoms with Crippen LogP contribution in [0.5, 0.6) is 5.75 Å². The predicted molar refractivity (Wildman–Crippen MR) is 81.3 cm³/mol. The van der Waals surface area contributed by atoms with Gasteiger partial charge >= 0.3 is 12.4 Å². The Bertz CT molecular complexity index is 552. The predicted octanol–water partition coefficient (Wildman–Crippen LogP) is 2.94. The fourth-order valence-electron chi connectivity index (χ4n) is 2.87. The summed E-state index contributed by atoms with van der Waals surface area (Å²) in [5.41, 5.74) is 0.238. The summed E-state index contributed by atoms with van der Waals surface area (Å²) in [5.74, 6) is -0.145. The fourth-order valence-corrected chi connectivity index (χ4v) is 2.87. The third-order valence-corrected chi connectivity index (χ3v) is 4.01. The average Bonchev–Trinajstić information content (AvgIpc) is 2.53. The number of ether oxygens (including phenoxy) is 1. The molecule has 1 aliphatic rings. The Morgan fingerprint density at radius 3 is 2.75 bits per heavy atom. The van der Waals surface area contributed by atoms with Gasteiger partial charge in [0.2, 0.25) is 0 Å². The first-order valence-electron chi connectivity index (χ1n) is 7.86. The second-order valence-electron chi connectivity index (χ2n) is 5.89. The van der Waals surface area contributed by atoms with Crippen molar-refractivity contribution in [3.05, 3.63) is 29.8 Å². The maximum Gasteiger partial charge on any atom is 0.573 e. The third kappa shape index (κ3) is 5.92. The Hall–Kier alpha value is -1.96. The van der Waals surface area contributed by atoms with Crippen LogP contribution in [0.4, 0.5) is 18.0 Å². The second-order valence-corrected chi connectivity index (χ2v) is 5.89. The molecule has 0 spiro atoms. The van der Waals surface area contributed by atoms with Gasteiger partial charge in [0.1, 0.15) is 5.75 Å². The van der Waals surface area contributed by atoms with Crippen molar-refractivity contribution in [3.63, 3.8) is 0 Å². The minimum Gasteiger partial charge on any atom is -0.405 e. The Kier molecular flexibility index (Phi) is 6.30. The highest BCUT2D eigenvalue weighted by Gasteiger charge is 2.32. The Labute approximate surface area is 138 Å². The molecule has 2 atom stereocenters. The fraction of sp³-hybridized carbons (Fsp3) is 0.562. The van der Waals surface area contributed by atoms with E-state index in [1.54, 1.807) is 6.07 Å². The van der Waals surface area contributed by atoms with E-state index in [1.807, 2.05) is 0 Å². The lowest BCUT2D eigenvalue weighted by Gasteiger charge is -2.28. The maximum atomic E-state index is 12.4. The molecule has 1 saturated carbocycles. The van der Waals surface area contributed by atoms with Gasteiger partial charge in [-0.1, -0.05) is 24.6 Å². The summed E-state index contributed by atoms with van der Waals surface area (Å²) in [6, 6.07) is 5.20. The van der Waals surface area contributed by atoms with Crippen molar-refractivity contribution < 1.29 is 27.8 Å². The number of carbonyl (C=O) groups excluding carboxylic acids is 1. The lowest BCUT2D eigenvalue weighted by Crippen LogP contribution is -2.44. The van der Waals surface area contributed by atoms with Crippen LogP contribution in [0.15, 0.2) is 24.3 Å². The van der Waals surface area contributed by atoms with Crippen LogP contribution in [0.3, 0.4) is 0 Å². The standard InChI is InChI=1S/C16H21F3N2O3/c17-16(18,19)24-14-7-2-1-5-12(14)9-20-15(23)21-13-6-3-4-11(8-13)10-22/h1-2,5,7,11,13,22H,3-4,6,8-10H2,(H2,20,21,23). The summed E-state index contributed by atoms with van der Waals surface area (Å²) in [4.78, 5) is 11.9. The van der Waals surface area contributed by atoms with Gasteiger partial charge in [0, 0.05) is 24.8 Å². The van der Waals surface area contributed by atoms with E-state index in [2.05, 4.69) is 15.4 Å². The van der Waals surface area contributed by atoms with E-state index in [0.717, 1.165) is 19.3 Å². The maximum absolute atomic E-state index is 12.4. The lowest BCUT2D eigenvalue weighted by atomic mass is 9.86. The zero-order valence-corrected chi connectivity index (χ0v) is 13.1. The summed E-state index contributed by atoms with van der Waals surface area (Å²) in [6.07, 6.45) is -1.37. The Morgan fingerprint density at radius 1 is 1.29 bits per heavy atom. The molecule has 1 aromatic rings. The van der Waals surface area contributed by atoms with E-state index in [-0.39, 0.29) is 36.4 Å². The Balaban J connectivity index is 1.85. The van der Waals surface area contributed by atoms with Crippen LogP contribution in [0.2, 0.25) is 0 Å². The summed E-state index contributed by atoms with van der Waals surface area (Å²) < 4.78 is 41.0. The number of rotatable bonds is 5. The van der Waals surface area contributed by atoms with Crippen LogP contribution in [-0.4, -0.2) is 30.1 Å². The van der Waals surface area contributed by atoms with Gasteiger partial charge in [-0.3, -0.25) is 0 Å². The molecule has 5 nitrogen and oxygen atoms in total. The van der Waals surface area contributed by atoms with Crippen LogP contribution >= 0.6 is 0 Å². The molecular weight excluding hydrogens is 325 g/mol. The smallest absolute Gasteiger partial charge is 0.405 e. The number of halogens is 3. The van der Waals surface area contributed by atoms with Gasteiger partial charge in [-0.05, 0) is 31.2 Å². The monoisotopic (exact) mass is 346 g/mol. The molecule has 134 valence electrons. The van der Waals surface area contributed by atoms with E-state index in [9.17, 15) is 23.1 Å². The molecule has 2 amide bonds. The molecule has 0 bridgehead atoms. The summed E-state index contributed by atoms with van der Waals surface area (Å²) in [6.45, 7) is 0.0240. The van der Waals surface area contributed by atoms with Gasteiger partial charge in [-0.2, -0.15) is 0 Å². The molecule has 0 heterocycles. The van der Waals surface area contributed by atoms with Gasteiger partial charge in [0.05, 0.1) is 0 Å². The molecule has 8 heteroatoms. The van der Waals surface area contributed by atoms with Crippen molar-refractivity contribution in [1.82, 2.24) is 10.6 Å². The zero-order chi connectivity index (χ0) is 17.6. The van der Waals surface area contributed by atoms with Gasteiger partial charge in [0.15, 0.2) is 0 Å². The largest absolute Gasteiger partial charge is 0.573 e. The first-order chi connectivity index (χ1) is 11.4. The number of amides is 2. The quantitative estimate of drug-likeness (QED) is 0.768. The number of carbonyl (C=O) groups is 1. The second kappa shape index (κ2) is 8.23. The van der Waals surface area contributed by atoms with Crippen molar-refractivity contribution >= 4 is 6.03 Å². The van der Waals surface area contributed by atoms with Crippen LogP contribution in [0, 0.1) is 5.92 Å². The first kappa shape index (κ1) is 18.4. The van der Waals surface area contributed by atoms with Crippen LogP contribution < -0.4 is 15.4 Å². The molecule has 2 rings (SSSR count). The molecule has 2 unspecified atom stereocenters. The molecule has 3 N–H and O–H groups in total. The topological polar surface area (TPSA) is 70.6 Å². The molecule has 1 aromatic carbocycles. The van der Waals surface area contributed by atoms with Gasteiger partial charge in [-0.25, -0.2) is 4.79 Å². The molecule has 0 aromatic heterocycles. The summed E-state index contributed by atoms with van der Waals surface area (Å²) >= 11 is 0. The minimum atomic E-state index is -4.78. The number of hydrogen-bond acceptors (Lipinski definition) is 3. The van der Waals surface area contributed by atoms with Gasteiger partial charge in [-0.15, -0.1) is 13.2 Å². The molecule has 0 radical (unpaired) electrons. The number of nitrogens with one attached hydrogen (secondary N) is 2. The van der Waals surface area contributed by atoms with Gasteiger partial charge < -0.3 is 20.5 Å². The van der Waals surface area contributed by atoms with Crippen molar-refractivity contribution in [2.45, 2.75) is 44.6 Å². The van der Waals surface area contributed by atoms with E-state index in [0.29, 0.717) is 6.42 Å². The van der Waals surface area contributed by atoms with Crippen molar-refractivity contribution in [3.8, 4) is 5.75 Å². The molecule has 1 aliphatic carbocycles. The average molecular weight is 346 g/mol. The highest BCUT2D eigenvalue weighted by atomic mass is 19.4. The normalized spacial score (nSPS) is 21.2.